The number of esters is 2. The lowest BCUT2D eigenvalue weighted by atomic mass is 9.69. The number of rotatable bonds is 3. The normalized spacial score (nSPS) is 32.6. The lowest BCUT2D eigenvalue weighted by Gasteiger charge is -2.42. The molecule has 9 heteroatoms. The molecule has 36 heavy (non-hydrogen) atoms. The van der Waals surface area contributed by atoms with Crippen LogP contribution in [-0.4, -0.2) is 64.3 Å². The van der Waals surface area contributed by atoms with Crippen molar-refractivity contribution in [1.82, 2.24) is 5.32 Å². The molecule has 0 aromatic carbocycles. The van der Waals surface area contributed by atoms with E-state index < -0.39 is 65.4 Å². The van der Waals surface area contributed by atoms with Crippen LogP contribution < -0.4 is 5.32 Å². The number of fused-ring (bicyclic) bond motifs is 10. The first-order valence-electron chi connectivity index (χ1n) is 12.1. The molecule has 3 rings (SSSR count). The number of ketones is 1. The largest absolute Gasteiger partial charge is 0.461 e. The third kappa shape index (κ3) is 7.24. The highest BCUT2D eigenvalue weighted by Crippen LogP contribution is 2.38. The van der Waals surface area contributed by atoms with E-state index in [4.69, 9.17) is 9.47 Å². The number of amides is 1. The van der Waals surface area contributed by atoms with Crippen LogP contribution in [0.1, 0.15) is 54.4 Å². The first-order valence-corrected chi connectivity index (χ1v) is 12.1. The fraction of sp³-hybridized carbons (Fsp3) is 0.556. The molecule has 3 aliphatic rings. The summed E-state index contributed by atoms with van der Waals surface area (Å²) in [4.78, 5) is 51.0. The highest BCUT2D eigenvalue weighted by molar-refractivity contribution is 6.08. The van der Waals surface area contributed by atoms with Crippen molar-refractivity contribution in [3.63, 3.8) is 0 Å². The SMILES string of the molecule is CC(=O)O[C@@H]1C=CC(C)=CC[C@H](O)C=CC(C)=C[C@@H](NC(=O)[C@@H](C)O)[C@]2(C)C(=O)O[C@H](C1)[C@@H](C)C2=O. The van der Waals surface area contributed by atoms with Crippen LogP contribution in [0, 0.1) is 11.3 Å². The molecule has 1 aliphatic carbocycles. The van der Waals surface area contributed by atoms with Gasteiger partial charge in [-0.25, -0.2) is 0 Å². The van der Waals surface area contributed by atoms with Gasteiger partial charge < -0.3 is 25.0 Å². The van der Waals surface area contributed by atoms with Crippen molar-refractivity contribution >= 4 is 23.6 Å². The van der Waals surface area contributed by atoms with Gasteiger partial charge in [-0.2, -0.15) is 0 Å². The number of Topliss-reactive ketones (excluding diaryl/α,β-unsaturated/α-hetero) is 1. The van der Waals surface area contributed by atoms with Crippen molar-refractivity contribution < 1.29 is 38.9 Å². The van der Waals surface area contributed by atoms with Gasteiger partial charge in [-0.1, -0.05) is 48.5 Å². The Morgan fingerprint density at radius 3 is 2.44 bits per heavy atom. The zero-order valence-electron chi connectivity index (χ0n) is 21.7. The second-order valence-corrected chi connectivity index (χ2v) is 9.72. The van der Waals surface area contributed by atoms with Crippen LogP contribution in [0.4, 0.5) is 0 Å². The summed E-state index contributed by atoms with van der Waals surface area (Å²) < 4.78 is 11.1. The standard InChI is InChI=1S/C27H37NO8/c1-15-7-10-20(31)11-8-16(2)13-23(28-25(33)18(4)29)27(6)24(32)17(3)22(36-26(27)34)14-21(12-9-15)35-19(5)30/h7-9,11-13,17-18,20-23,29,31H,10,14H2,1-6H3,(H,28,33)/t17-,18-,20+,21-,22-,23-,27+/m1/s1. The molecule has 2 aliphatic heterocycles. The summed E-state index contributed by atoms with van der Waals surface area (Å²) in [5.41, 5.74) is -0.358. The van der Waals surface area contributed by atoms with Crippen molar-refractivity contribution in [2.75, 3.05) is 0 Å². The van der Waals surface area contributed by atoms with Gasteiger partial charge in [0, 0.05) is 13.3 Å². The molecule has 198 valence electrons. The van der Waals surface area contributed by atoms with E-state index in [1.165, 1.54) is 26.8 Å². The summed E-state index contributed by atoms with van der Waals surface area (Å²) >= 11 is 0. The maximum absolute atomic E-state index is 13.7. The summed E-state index contributed by atoms with van der Waals surface area (Å²) in [6.45, 7) is 9.13. The molecule has 2 bridgehead atoms. The van der Waals surface area contributed by atoms with Crippen LogP contribution in [-0.2, 0) is 28.7 Å². The molecule has 0 unspecified atom stereocenters. The molecule has 0 spiro atoms. The van der Waals surface area contributed by atoms with Gasteiger partial charge in [-0.3, -0.25) is 19.2 Å². The molecular weight excluding hydrogens is 466 g/mol. The van der Waals surface area contributed by atoms with Crippen LogP contribution in [0.15, 0.2) is 47.6 Å². The zero-order valence-corrected chi connectivity index (χ0v) is 21.7. The van der Waals surface area contributed by atoms with Crippen molar-refractivity contribution in [3.8, 4) is 0 Å². The second-order valence-electron chi connectivity index (χ2n) is 9.72. The Morgan fingerprint density at radius 2 is 1.83 bits per heavy atom. The summed E-state index contributed by atoms with van der Waals surface area (Å²) in [6.07, 6.45) is 6.59. The van der Waals surface area contributed by atoms with E-state index in [9.17, 15) is 29.4 Å². The third-order valence-corrected chi connectivity index (χ3v) is 6.51. The molecule has 0 radical (unpaired) electrons. The van der Waals surface area contributed by atoms with Gasteiger partial charge in [0.05, 0.1) is 18.1 Å². The van der Waals surface area contributed by atoms with E-state index in [1.807, 2.05) is 13.0 Å². The molecule has 1 fully saturated rings. The van der Waals surface area contributed by atoms with E-state index in [2.05, 4.69) is 5.32 Å². The van der Waals surface area contributed by atoms with Crippen LogP contribution in [0.2, 0.25) is 0 Å². The average molecular weight is 504 g/mol. The molecule has 9 nitrogen and oxygen atoms in total. The van der Waals surface area contributed by atoms with E-state index in [0.717, 1.165) is 5.57 Å². The summed E-state index contributed by atoms with van der Waals surface area (Å²) in [5.74, 6) is -3.31. The Labute approximate surface area is 211 Å². The first kappa shape index (κ1) is 29.2. The summed E-state index contributed by atoms with van der Waals surface area (Å²) in [5, 5.41) is 22.7. The van der Waals surface area contributed by atoms with Gasteiger partial charge in [0.2, 0.25) is 5.91 Å². The van der Waals surface area contributed by atoms with Crippen LogP contribution >= 0.6 is 0 Å². The minimum absolute atomic E-state index is 0.0713. The van der Waals surface area contributed by atoms with Gasteiger partial charge in [-0.15, -0.1) is 0 Å². The topological polar surface area (TPSA) is 139 Å². The van der Waals surface area contributed by atoms with Crippen LogP contribution in [0.25, 0.3) is 0 Å². The molecule has 7 atom stereocenters. The molecule has 1 saturated heterocycles. The number of carbonyl (C=O) groups is 4. The average Bonchev–Trinajstić information content (AvgIpc) is 2.80. The van der Waals surface area contributed by atoms with Gasteiger partial charge in [0.25, 0.3) is 0 Å². The highest BCUT2D eigenvalue weighted by atomic mass is 16.6. The second kappa shape index (κ2) is 12.3. The van der Waals surface area contributed by atoms with E-state index >= 15 is 0 Å². The van der Waals surface area contributed by atoms with E-state index in [-0.39, 0.29) is 6.42 Å². The fourth-order valence-electron chi connectivity index (χ4n) is 4.17. The zero-order chi connectivity index (χ0) is 27.2. The monoisotopic (exact) mass is 503 g/mol. The molecule has 1 amide bonds. The minimum atomic E-state index is -1.77. The van der Waals surface area contributed by atoms with Gasteiger partial charge in [0.15, 0.2) is 5.78 Å². The number of hydrogen-bond acceptors (Lipinski definition) is 8. The van der Waals surface area contributed by atoms with Crippen molar-refractivity contribution in [1.29, 1.82) is 0 Å². The van der Waals surface area contributed by atoms with Crippen molar-refractivity contribution in [2.24, 2.45) is 11.3 Å². The Balaban J connectivity index is 2.60. The number of aliphatic hydroxyl groups excluding tert-OH is 2. The van der Waals surface area contributed by atoms with Crippen LogP contribution in [0.3, 0.4) is 0 Å². The Hall–Kier alpha value is -3.04. The predicted octanol–water partition coefficient (Wildman–Crippen LogP) is 2.08. The molecule has 0 aromatic rings. The van der Waals surface area contributed by atoms with Crippen molar-refractivity contribution in [2.45, 2.75) is 84.8 Å². The maximum atomic E-state index is 13.7. The van der Waals surface area contributed by atoms with E-state index in [1.54, 1.807) is 38.2 Å². The van der Waals surface area contributed by atoms with Crippen molar-refractivity contribution in [3.05, 3.63) is 47.6 Å². The Bertz CT molecular complexity index is 992. The quantitative estimate of drug-likeness (QED) is 0.393. The fourth-order valence-corrected chi connectivity index (χ4v) is 4.17. The predicted molar refractivity (Wildman–Crippen MR) is 132 cm³/mol. The lowest BCUT2D eigenvalue weighted by Crippen LogP contribution is -2.62. The van der Waals surface area contributed by atoms with E-state index in [0.29, 0.717) is 12.0 Å². The number of allylic oxidation sites excluding steroid dienone is 4. The molecule has 2 heterocycles. The molecular formula is C27H37NO8. The maximum Gasteiger partial charge on any atom is 0.322 e. The Morgan fingerprint density at radius 1 is 1.19 bits per heavy atom. The van der Waals surface area contributed by atoms with Gasteiger partial charge >= 0.3 is 11.9 Å². The number of nitrogens with one attached hydrogen (secondary N) is 1. The molecule has 0 saturated carbocycles. The van der Waals surface area contributed by atoms with Crippen LogP contribution in [0.5, 0.6) is 0 Å². The summed E-state index contributed by atoms with van der Waals surface area (Å²) in [7, 11) is 0. The first-order chi connectivity index (χ1) is 16.7. The smallest absolute Gasteiger partial charge is 0.322 e. The van der Waals surface area contributed by atoms with Gasteiger partial charge in [0.1, 0.15) is 23.7 Å². The van der Waals surface area contributed by atoms with Gasteiger partial charge in [-0.05, 0) is 40.2 Å². The number of ether oxygens (including phenoxy) is 2. The lowest BCUT2D eigenvalue weighted by molar-refractivity contribution is -0.182. The number of aliphatic hydroxyl groups is 2. The molecule has 3 N–H and O–H groups in total. The summed E-state index contributed by atoms with van der Waals surface area (Å²) in [6, 6.07) is -1.12. The molecule has 0 aromatic heterocycles. The number of hydrogen-bond donors (Lipinski definition) is 3. The number of carbonyl (C=O) groups excluding carboxylic acids is 4. The minimum Gasteiger partial charge on any atom is -0.461 e. The third-order valence-electron chi connectivity index (χ3n) is 6.51. The Kier molecular flexibility index (Phi) is 9.95. The highest BCUT2D eigenvalue weighted by Gasteiger charge is 2.56.